The van der Waals surface area contributed by atoms with E-state index in [4.69, 9.17) is 13.6 Å². The Bertz CT molecular complexity index is 1380. The van der Waals surface area contributed by atoms with Gasteiger partial charge in [-0.05, 0) is 55.5 Å². The second kappa shape index (κ2) is 8.83. The summed E-state index contributed by atoms with van der Waals surface area (Å²) in [6.07, 6.45) is 4.15. The number of hydrogen-bond donors (Lipinski definition) is 1. The van der Waals surface area contributed by atoms with Crippen molar-refractivity contribution in [3.63, 3.8) is 0 Å². The summed E-state index contributed by atoms with van der Waals surface area (Å²) in [4.78, 5) is 24.9. The van der Waals surface area contributed by atoms with Gasteiger partial charge in [-0.2, -0.15) is 0 Å². The van der Waals surface area contributed by atoms with Crippen molar-refractivity contribution in [3.05, 3.63) is 70.0 Å². The molecule has 1 aliphatic rings. The molecule has 7 heteroatoms. The van der Waals surface area contributed by atoms with E-state index in [9.17, 15) is 14.0 Å². The molecule has 1 fully saturated rings. The molecule has 1 saturated heterocycles. The Kier molecular flexibility index (Phi) is 5.72. The molecule has 2 aromatic heterocycles. The number of ether oxygens (including phenoxy) is 1. The third-order valence-corrected chi connectivity index (χ3v) is 6.29. The topological polar surface area (TPSA) is 81.7 Å². The highest BCUT2D eigenvalue weighted by Gasteiger charge is 2.18. The molecule has 1 aliphatic heterocycles. The molecule has 0 unspecified atom stereocenters. The van der Waals surface area contributed by atoms with Crippen LogP contribution in [0, 0.1) is 12.7 Å². The van der Waals surface area contributed by atoms with Gasteiger partial charge in [0.1, 0.15) is 17.0 Å². The van der Waals surface area contributed by atoms with Gasteiger partial charge in [-0.3, -0.25) is 4.79 Å². The largest absolute Gasteiger partial charge is 0.464 e. The van der Waals surface area contributed by atoms with Crippen LogP contribution in [0.5, 0.6) is 0 Å². The maximum Gasteiger partial charge on any atom is 0.339 e. The fraction of sp³-hybridized carbons (Fsp3) is 0.308. The van der Waals surface area contributed by atoms with Gasteiger partial charge in [0.15, 0.2) is 0 Å². The van der Waals surface area contributed by atoms with Crippen molar-refractivity contribution in [3.8, 4) is 11.1 Å². The number of amides is 1. The van der Waals surface area contributed by atoms with Crippen molar-refractivity contribution in [2.75, 3.05) is 13.2 Å². The minimum Gasteiger partial charge on any atom is -0.464 e. The quantitative estimate of drug-likeness (QED) is 0.424. The monoisotopic (exact) mass is 449 g/mol. The van der Waals surface area contributed by atoms with Gasteiger partial charge >= 0.3 is 5.63 Å². The van der Waals surface area contributed by atoms with E-state index in [-0.39, 0.29) is 30.7 Å². The maximum atomic E-state index is 13.3. The van der Waals surface area contributed by atoms with Crippen LogP contribution in [0.4, 0.5) is 4.39 Å². The third kappa shape index (κ3) is 4.28. The van der Waals surface area contributed by atoms with Gasteiger partial charge in [-0.15, -0.1) is 0 Å². The summed E-state index contributed by atoms with van der Waals surface area (Å²) in [6, 6.07) is 9.82. The summed E-state index contributed by atoms with van der Waals surface area (Å²) in [6.45, 7) is 3.10. The molecule has 3 heterocycles. The molecule has 170 valence electrons. The fourth-order valence-electron chi connectivity index (χ4n) is 4.41. The van der Waals surface area contributed by atoms with Gasteiger partial charge in [-0.25, -0.2) is 9.18 Å². The lowest BCUT2D eigenvalue weighted by Gasteiger charge is -2.11. The number of carbonyl (C=O) groups is 1. The maximum absolute atomic E-state index is 13.3. The van der Waals surface area contributed by atoms with E-state index in [0.717, 1.165) is 46.9 Å². The molecular formula is C26H24FNO5. The number of aryl methyl sites for hydroxylation is 1. The van der Waals surface area contributed by atoms with Crippen LogP contribution in [-0.4, -0.2) is 25.2 Å². The molecule has 0 spiro atoms. The van der Waals surface area contributed by atoms with Crippen LogP contribution in [-0.2, 0) is 16.0 Å². The van der Waals surface area contributed by atoms with Crippen LogP contribution in [0.2, 0.25) is 0 Å². The molecule has 0 aliphatic carbocycles. The standard InChI is InChI=1S/C26H24FNO5/c1-15-19(8-9-25(29)28-13-18-3-2-10-31-18)26(30)33-24-12-23-21(11-20(15)24)22(14-32-23)16-4-6-17(27)7-5-16/h4-7,11-12,14,18H,2-3,8-10,13H2,1H3,(H,28,29)/t18-/m0/s1. The van der Waals surface area contributed by atoms with Crippen molar-refractivity contribution in [2.45, 2.75) is 38.7 Å². The summed E-state index contributed by atoms with van der Waals surface area (Å²) in [5, 5.41) is 4.50. The first-order chi connectivity index (χ1) is 16.0. The van der Waals surface area contributed by atoms with Crippen LogP contribution in [0.1, 0.15) is 30.4 Å². The summed E-state index contributed by atoms with van der Waals surface area (Å²) in [5.41, 5.74) is 3.47. The molecule has 6 nitrogen and oxygen atoms in total. The molecule has 5 rings (SSSR count). The van der Waals surface area contributed by atoms with Crippen molar-refractivity contribution in [1.82, 2.24) is 5.32 Å². The zero-order chi connectivity index (χ0) is 22.9. The number of benzene rings is 2. The molecule has 33 heavy (non-hydrogen) atoms. The average Bonchev–Trinajstić information content (AvgIpc) is 3.47. The van der Waals surface area contributed by atoms with Crippen LogP contribution < -0.4 is 10.9 Å². The lowest BCUT2D eigenvalue weighted by molar-refractivity contribution is -0.121. The summed E-state index contributed by atoms with van der Waals surface area (Å²) in [5.74, 6) is -0.424. The van der Waals surface area contributed by atoms with E-state index in [0.29, 0.717) is 23.3 Å². The Balaban J connectivity index is 1.43. The molecule has 4 aromatic rings. The number of nitrogens with one attached hydrogen (secondary N) is 1. The Hall–Kier alpha value is -3.45. The number of carbonyl (C=O) groups excluding carboxylic acids is 1. The highest BCUT2D eigenvalue weighted by molar-refractivity contribution is 6.02. The molecule has 1 amide bonds. The second-order valence-electron chi connectivity index (χ2n) is 8.43. The minimum absolute atomic E-state index is 0.0779. The molecule has 1 N–H and O–H groups in total. The van der Waals surface area contributed by atoms with Gasteiger partial charge in [0, 0.05) is 47.5 Å². The molecule has 1 atom stereocenters. The summed E-state index contributed by atoms with van der Waals surface area (Å²) >= 11 is 0. The fourth-order valence-corrected chi connectivity index (χ4v) is 4.41. The van der Waals surface area contributed by atoms with E-state index in [1.807, 2.05) is 13.0 Å². The molecular weight excluding hydrogens is 425 g/mol. The minimum atomic E-state index is -0.448. The van der Waals surface area contributed by atoms with E-state index in [1.54, 1.807) is 24.5 Å². The Morgan fingerprint density at radius 2 is 1.97 bits per heavy atom. The van der Waals surface area contributed by atoms with E-state index >= 15 is 0 Å². The van der Waals surface area contributed by atoms with Crippen LogP contribution in [0.3, 0.4) is 0 Å². The zero-order valence-electron chi connectivity index (χ0n) is 18.3. The number of fused-ring (bicyclic) bond motifs is 2. The highest BCUT2D eigenvalue weighted by atomic mass is 19.1. The highest BCUT2D eigenvalue weighted by Crippen LogP contribution is 2.34. The van der Waals surface area contributed by atoms with Crippen molar-refractivity contribution in [1.29, 1.82) is 0 Å². The molecule has 0 bridgehead atoms. The predicted octanol–water partition coefficient (Wildman–Crippen LogP) is 4.88. The Morgan fingerprint density at radius 3 is 2.73 bits per heavy atom. The number of hydrogen-bond acceptors (Lipinski definition) is 5. The molecule has 0 radical (unpaired) electrons. The van der Waals surface area contributed by atoms with Gasteiger partial charge in [0.2, 0.25) is 5.91 Å². The Labute approximate surface area is 189 Å². The summed E-state index contributed by atoms with van der Waals surface area (Å²) < 4.78 is 30.1. The number of halogens is 1. The number of rotatable bonds is 6. The first-order valence-electron chi connectivity index (χ1n) is 11.1. The summed E-state index contributed by atoms with van der Waals surface area (Å²) in [7, 11) is 0. The van der Waals surface area contributed by atoms with E-state index in [2.05, 4.69) is 5.32 Å². The third-order valence-electron chi connectivity index (χ3n) is 6.29. The van der Waals surface area contributed by atoms with Gasteiger partial charge in [0.05, 0.1) is 12.4 Å². The van der Waals surface area contributed by atoms with Crippen molar-refractivity contribution in [2.24, 2.45) is 0 Å². The van der Waals surface area contributed by atoms with Crippen molar-refractivity contribution >= 4 is 27.8 Å². The van der Waals surface area contributed by atoms with Gasteiger partial charge in [0.25, 0.3) is 0 Å². The van der Waals surface area contributed by atoms with E-state index in [1.165, 1.54) is 12.1 Å². The SMILES string of the molecule is Cc1c(CCC(=O)NC[C@@H]2CCCO2)c(=O)oc2cc3occ(-c4ccc(F)cc4)c3cc12. The first-order valence-corrected chi connectivity index (χ1v) is 11.1. The van der Waals surface area contributed by atoms with E-state index < -0.39 is 5.63 Å². The lowest BCUT2D eigenvalue weighted by atomic mass is 9.99. The molecule has 2 aromatic carbocycles. The van der Waals surface area contributed by atoms with Crippen LogP contribution in [0.25, 0.3) is 33.1 Å². The molecule has 0 saturated carbocycles. The smallest absolute Gasteiger partial charge is 0.339 e. The first kappa shape index (κ1) is 21.4. The lowest BCUT2D eigenvalue weighted by Crippen LogP contribution is -2.32. The van der Waals surface area contributed by atoms with Crippen LogP contribution in [0.15, 0.2) is 56.3 Å². The Morgan fingerprint density at radius 1 is 1.15 bits per heavy atom. The van der Waals surface area contributed by atoms with Gasteiger partial charge < -0.3 is 18.9 Å². The number of furan rings is 1. The van der Waals surface area contributed by atoms with Crippen molar-refractivity contribution < 1.29 is 22.8 Å². The average molecular weight is 449 g/mol. The second-order valence-corrected chi connectivity index (χ2v) is 8.43. The predicted molar refractivity (Wildman–Crippen MR) is 123 cm³/mol. The van der Waals surface area contributed by atoms with Crippen LogP contribution >= 0.6 is 0 Å². The van der Waals surface area contributed by atoms with Gasteiger partial charge in [-0.1, -0.05) is 12.1 Å². The normalized spacial score (nSPS) is 16.0. The zero-order valence-corrected chi connectivity index (χ0v) is 18.3.